The SMILES string of the molecule is O=C1NC(=O)N(c2ccc(I)cc2)C(=O)[C@H]1C=Nc1cccc([N+](=O)[O-])c1. The predicted molar refractivity (Wildman–Crippen MR) is 105 cm³/mol. The fourth-order valence-corrected chi connectivity index (χ4v) is 2.76. The van der Waals surface area contributed by atoms with Crippen LogP contribution in [0.4, 0.5) is 21.9 Å². The number of amides is 4. The van der Waals surface area contributed by atoms with E-state index in [0.29, 0.717) is 5.69 Å². The molecule has 0 spiro atoms. The Bertz CT molecular complexity index is 974. The lowest BCUT2D eigenvalue weighted by atomic mass is 10.1. The van der Waals surface area contributed by atoms with Gasteiger partial charge in [-0.05, 0) is 52.9 Å². The number of urea groups is 1. The molecular formula is C17H11IN4O5. The zero-order valence-corrected chi connectivity index (χ0v) is 15.7. The fraction of sp³-hybridized carbons (Fsp3) is 0.0588. The Hall–Kier alpha value is -3.15. The zero-order chi connectivity index (χ0) is 19.6. The third kappa shape index (κ3) is 4.00. The number of benzene rings is 2. The van der Waals surface area contributed by atoms with E-state index in [1.807, 2.05) is 0 Å². The number of anilines is 1. The van der Waals surface area contributed by atoms with Gasteiger partial charge in [-0.25, -0.2) is 9.69 Å². The minimum atomic E-state index is -1.33. The van der Waals surface area contributed by atoms with Crippen LogP contribution in [0.15, 0.2) is 53.5 Å². The Morgan fingerprint density at radius 2 is 1.85 bits per heavy atom. The van der Waals surface area contributed by atoms with Gasteiger partial charge in [0.1, 0.15) is 0 Å². The summed E-state index contributed by atoms with van der Waals surface area (Å²) in [7, 11) is 0. The number of nitro benzene ring substituents is 1. The van der Waals surface area contributed by atoms with E-state index in [-0.39, 0.29) is 11.4 Å². The topological polar surface area (TPSA) is 122 Å². The van der Waals surface area contributed by atoms with E-state index in [1.54, 1.807) is 24.3 Å². The van der Waals surface area contributed by atoms with E-state index in [0.717, 1.165) is 14.7 Å². The van der Waals surface area contributed by atoms with Crippen molar-refractivity contribution in [2.24, 2.45) is 10.9 Å². The second-order valence-corrected chi connectivity index (χ2v) is 6.72. The number of nitrogens with zero attached hydrogens (tertiary/aromatic N) is 3. The first-order chi connectivity index (χ1) is 12.9. The molecule has 0 radical (unpaired) electrons. The van der Waals surface area contributed by atoms with Gasteiger partial charge in [0.2, 0.25) is 5.91 Å². The summed E-state index contributed by atoms with van der Waals surface area (Å²) >= 11 is 2.08. The Kier molecular flexibility index (Phi) is 5.26. The monoisotopic (exact) mass is 478 g/mol. The second kappa shape index (κ2) is 7.61. The maximum atomic E-state index is 12.7. The third-order valence-corrected chi connectivity index (χ3v) is 4.42. The highest BCUT2D eigenvalue weighted by Gasteiger charge is 2.40. The molecule has 1 saturated heterocycles. The van der Waals surface area contributed by atoms with Gasteiger partial charge < -0.3 is 0 Å². The lowest BCUT2D eigenvalue weighted by Crippen LogP contribution is -2.58. The van der Waals surface area contributed by atoms with Crippen LogP contribution < -0.4 is 10.2 Å². The number of carbonyl (C=O) groups is 3. The number of halogens is 1. The summed E-state index contributed by atoms with van der Waals surface area (Å²) in [5, 5.41) is 12.9. The molecule has 0 aliphatic carbocycles. The van der Waals surface area contributed by atoms with Gasteiger partial charge in [0.15, 0.2) is 5.92 Å². The highest BCUT2D eigenvalue weighted by Crippen LogP contribution is 2.23. The van der Waals surface area contributed by atoms with Crippen molar-refractivity contribution in [1.82, 2.24) is 5.32 Å². The molecule has 1 atom stereocenters. The lowest BCUT2D eigenvalue weighted by Gasteiger charge is -2.28. The maximum absolute atomic E-state index is 12.7. The van der Waals surface area contributed by atoms with Gasteiger partial charge in [-0.2, -0.15) is 0 Å². The van der Waals surface area contributed by atoms with E-state index in [9.17, 15) is 24.5 Å². The first kappa shape index (κ1) is 18.6. The molecule has 0 bridgehead atoms. The van der Waals surface area contributed by atoms with Gasteiger partial charge in [-0.3, -0.25) is 30.0 Å². The van der Waals surface area contributed by atoms with Crippen LogP contribution >= 0.6 is 22.6 Å². The number of nitro groups is 1. The standard InChI is InChI=1S/C17H11IN4O5/c18-10-4-6-12(7-5-10)21-16(24)14(15(23)20-17(21)25)9-19-11-2-1-3-13(8-11)22(26)27/h1-9,14H,(H,20,23,25)/t14-/m0/s1. The molecule has 0 aromatic heterocycles. The Morgan fingerprint density at radius 1 is 1.15 bits per heavy atom. The molecule has 0 unspecified atom stereocenters. The molecule has 4 amide bonds. The maximum Gasteiger partial charge on any atom is 0.335 e. The van der Waals surface area contributed by atoms with Crippen molar-refractivity contribution < 1.29 is 19.3 Å². The van der Waals surface area contributed by atoms with Crippen molar-refractivity contribution in [1.29, 1.82) is 0 Å². The van der Waals surface area contributed by atoms with E-state index >= 15 is 0 Å². The van der Waals surface area contributed by atoms with Crippen LogP contribution in [0.5, 0.6) is 0 Å². The minimum absolute atomic E-state index is 0.167. The first-order valence-electron chi connectivity index (χ1n) is 7.60. The zero-order valence-electron chi connectivity index (χ0n) is 13.5. The average Bonchev–Trinajstić information content (AvgIpc) is 2.63. The number of hydrogen-bond donors (Lipinski definition) is 1. The molecule has 1 fully saturated rings. The lowest BCUT2D eigenvalue weighted by molar-refractivity contribution is -0.384. The van der Waals surface area contributed by atoms with Crippen molar-refractivity contribution in [2.75, 3.05) is 4.90 Å². The van der Waals surface area contributed by atoms with Crippen molar-refractivity contribution in [2.45, 2.75) is 0 Å². The quantitative estimate of drug-likeness (QED) is 0.238. The summed E-state index contributed by atoms with van der Waals surface area (Å²) in [6.45, 7) is 0. The van der Waals surface area contributed by atoms with Crippen molar-refractivity contribution >= 4 is 63.7 Å². The van der Waals surface area contributed by atoms with E-state index in [2.05, 4.69) is 32.9 Å². The van der Waals surface area contributed by atoms with Crippen LogP contribution in [0.2, 0.25) is 0 Å². The highest BCUT2D eigenvalue weighted by molar-refractivity contribution is 14.1. The summed E-state index contributed by atoms with van der Waals surface area (Å²) in [5.41, 5.74) is 0.362. The average molecular weight is 478 g/mol. The van der Waals surface area contributed by atoms with Gasteiger partial charge in [-0.15, -0.1) is 0 Å². The number of nitrogens with one attached hydrogen (secondary N) is 1. The Labute approximate surface area is 166 Å². The summed E-state index contributed by atoms with van der Waals surface area (Å²) in [4.78, 5) is 51.9. The highest BCUT2D eigenvalue weighted by atomic mass is 127. The molecule has 2 aromatic carbocycles. The molecule has 2 aromatic rings. The number of hydrogen-bond acceptors (Lipinski definition) is 6. The summed E-state index contributed by atoms with van der Waals surface area (Å²) in [6.07, 6.45) is 1.07. The molecule has 1 aliphatic heterocycles. The molecule has 9 nitrogen and oxygen atoms in total. The molecule has 136 valence electrons. The normalized spacial score (nSPS) is 17.3. The number of imide groups is 2. The largest absolute Gasteiger partial charge is 0.335 e. The van der Waals surface area contributed by atoms with Gasteiger partial charge >= 0.3 is 6.03 Å². The van der Waals surface area contributed by atoms with Gasteiger partial charge in [0.05, 0.1) is 16.3 Å². The molecule has 1 N–H and O–H groups in total. The van der Waals surface area contributed by atoms with Crippen LogP contribution in [-0.4, -0.2) is 29.0 Å². The van der Waals surface area contributed by atoms with Crippen molar-refractivity contribution in [3.63, 3.8) is 0 Å². The molecule has 3 rings (SSSR count). The van der Waals surface area contributed by atoms with E-state index < -0.39 is 28.7 Å². The number of rotatable bonds is 4. The van der Waals surface area contributed by atoms with Crippen molar-refractivity contribution in [3.05, 3.63) is 62.2 Å². The Balaban J connectivity index is 1.88. The summed E-state index contributed by atoms with van der Waals surface area (Å²) < 4.78 is 0.918. The first-order valence-corrected chi connectivity index (χ1v) is 8.67. The Morgan fingerprint density at radius 3 is 2.52 bits per heavy atom. The van der Waals surface area contributed by atoms with Gasteiger partial charge in [0.25, 0.3) is 11.6 Å². The van der Waals surface area contributed by atoms with Gasteiger partial charge in [0, 0.05) is 21.9 Å². The van der Waals surface area contributed by atoms with E-state index in [4.69, 9.17) is 0 Å². The fourth-order valence-electron chi connectivity index (χ4n) is 2.40. The second-order valence-electron chi connectivity index (χ2n) is 5.48. The van der Waals surface area contributed by atoms with Gasteiger partial charge in [-0.1, -0.05) is 6.07 Å². The molecule has 10 heteroatoms. The molecule has 1 aliphatic rings. The molecule has 27 heavy (non-hydrogen) atoms. The van der Waals surface area contributed by atoms with E-state index in [1.165, 1.54) is 24.3 Å². The number of aliphatic imine (C=N–C) groups is 1. The smallest absolute Gasteiger partial charge is 0.276 e. The van der Waals surface area contributed by atoms with Crippen molar-refractivity contribution in [3.8, 4) is 0 Å². The molecular weight excluding hydrogens is 467 g/mol. The van der Waals surface area contributed by atoms with Crippen LogP contribution in [0.3, 0.4) is 0 Å². The number of non-ortho nitro benzene ring substituents is 1. The van der Waals surface area contributed by atoms with Crippen LogP contribution in [0.25, 0.3) is 0 Å². The summed E-state index contributed by atoms with van der Waals surface area (Å²) in [6, 6.07) is 11.2. The third-order valence-electron chi connectivity index (χ3n) is 3.70. The molecule has 0 saturated carbocycles. The minimum Gasteiger partial charge on any atom is -0.276 e. The predicted octanol–water partition coefficient (Wildman–Crippen LogP) is 2.80. The van der Waals surface area contributed by atoms with Crippen LogP contribution in [0, 0.1) is 19.6 Å². The van der Waals surface area contributed by atoms with Crippen LogP contribution in [0.1, 0.15) is 0 Å². The van der Waals surface area contributed by atoms with Crippen LogP contribution in [-0.2, 0) is 9.59 Å². The number of carbonyl (C=O) groups excluding carboxylic acids is 3. The summed E-state index contributed by atoms with van der Waals surface area (Å²) in [5.74, 6) is -2.89. The molecule has 1 heterocycles. The number of barbiturate groups is 1.